The maximum Gasteiger partial charge on any atom is 0.350 e. The van der Waals surface area contributed by atoms with E-state index in [1.165, 1.54) is 22.7 Å². The van der Waals surface area contributed by atoms with Crippen LogP contribution in [0.1, 0.15) is 41.6 Å². The Bertz CT molecular complexity index is 618. The Morgan fingerprint density at radius 1 is 1.10 bits per heavy atom. The number of nitrogens with zero attached hydrogens (tertiary/aromatic N) is 1. The Morgan fingerprint density at radius 3 is 2.25 bits per heavy atom. The van der Waals surface area contributed by atoms with Gasteiger partial charge in [0.25, 0.3) is 0 Å². The standard InChI is InChI=1S/C16H19NO2S/c1-10-6-11(2)8-12(7-10)13-9-14(20-17-13)15(18)19-16(3,4)5/h6-9H,1-5H3. The van der Waals surface area contributed by atoms with Crippen LogP contribution in [-0.4, -0.2) is 15.9 Å². The molecule has 0 N–H and O–H groups in total. The molecule has 1 aromatic carbocycles. The van der Waals surface area contributed by atoms with Crippen LogP contribution in [-0.2, 0) is 4.74 Å². The molecule has 0 amide bonds. The number of esters is 1. The van der Waals surface area contributed by atoms with E-state index in [9.17, 15) is 4.79 Å². The van der Waals surface area contributed by atoms with Crippen molar-refractivity contribution in [3.8, 4) is 11.3 Å². The maximum atomic E-state index is 12.0. The topological polar surface area (TPSA) is 39.2 Å². The third-order valence-corrected chi connectivity index (χ3v) is 3.40. The van der Waals surface area contributed by atoms with Crippen molar-refractivity contribution in [3.63, 3.8) is 0 Å². The summed E-state index contributed by atoms with van der Waals surface area (Å²) in [7, 11) is 0. The molecular formula is C16H19NO2S. The fraction of sp³-hybridized carbons (Fsp3) is 0.375. The van der Waals surface area contributed by atoms with Crippen molar-refractivity contribution in [2.75, 3.05) is 0 Å². The summed E-state index contributed by atoms with van der Waals surface area (Å²) < 4.78 is 9.71. The van der Waals surface area contributed by atoms with E-state index >= 15 is 0 Å². The molecule has 0 atom stereocenters. The van der Waals surface area contributed by atoms with E-state index in [1.54, 1.807) is 6.07 Å². The third kappa shape index (κ3) is 3.67. The second-order valence-corrected chi connectivity index (χ2v) is 6.76. The molecule has 0 bridgehead atoms. The molecule has 1 aromatic heterocycles. The van der Waals surface area contributed by atoms with Gasteiger partial charge >= 0.3 is 5.97 Å². The molecule has 0 aliphatic heterocycles. The molecule has 106 valence electrons. The van der Waals surface area contributed by atoms with E-state index in [0.29, 0.717) is 4.88 Å². The van der Waals surface area contributed by atoms with E-state index in [1.807, 2.05) is 20.8 Å². The van der Waals surface area contributed by atoms with E-state index in [2.05, 4.69) is 36.4 Å². The van der Waals surface area contributed by atoms with Crippen molar-refractivity contribution in [1.82, 2.24) is 4.37 Å². The van der Waals surface area contributed by atoms with Gasteiger partial charge in [-0.3, -0.25) is 0 Å². The van der Waals surface area contributed by atoms with Gasteiger partial charge in [-0.05, 0) is 64.4 Å². The second-order valence-electron chi connectivity index (χ2n) is 5.95. The lowest BCUT2D eigenvalue weighted by Crippen LogP contribution is -2.23. The average Bonchev–Trinajstić information content (AvgIpc) is 2.74. The average molecular weight is 289 g/mol. The van der Waals surface area contributed by atoms with Crippen molar-refractivity contribution >= 4 is 17.5 Å². The van der Waals surface area contributed by atoms with Gasteiger partial charge in [0, 0.05) is 5.56 Å². The highest BCUT2D eigenvalue weighted by Crippen LogP contribution is 2.25. The van der Waals surface area contributed by atoms with Crippen LogP contribution in [0.4, 0.5) is 0 Å². The summed E-state index contributed by atoms with van der Waals surface area (Å²) in [6.45, 7) is 9.68. The Labute approximate surface area is 123 Å². The van der Waals surface area contributed by atoms with Gasteiger partial charge in [0.2, 0.25) is 0 Å². The van der Waals surface area contributed by atoms with Crippen LogP contribution in [0.3, 0.4) is 0 Å². The van der Waals surface area contributed by atoms with Gasteiger partial charge in [0.1, 0.15) is 10.5 Å². The van der Waals surface area contributed by atoms with Crippen LogP contribution in [0, 0.1) is 13.8 Å². The van der Waals surface area contributed by atoms with Gasteiger partial charge in [-0.2, -0.15) is 4.37 Å². The predicted octanol–water partition coefficient (Wildman–Crippen LogP) is 4.38. The van der Waals surface area contributed by atoms with Crippen LogP contribution >= 0.6 is 11.5 Å². The highest BCUT2D eigenvalue weighted by atomic mass is 32.1. The van der Waals surface area contributed by atoms with Crippen molar-refractivity contribution in [1.29, 1.82) is 0 Å². The zero-order valence-electron chi connectivity index (χ0n) is 12.5. The normalized spacial score (nSPS) is 11.4. The molecule has 3 nitrogen and oxygen atoms in total. The second kappa shape index (κ2) is 5.37. The number of ether oxygens (including phenoxy) is 1. The highest BCUT2D eigenvalue weighted by molar-refractivity contribution is 7.08. The van der Waals surface area contributed by atoms with Crippen LogP contribution in [0.25, 0.3) is 11.3 Å². The molecule has 2 aromatic rings. The Hall–Kier alpha value is -1.68. The SMILES string of the molecule is Cc1cc(C)cc(-c2cc(C(=O)OC(C)(C)C)sn2)c1. The number of hydrogen-bond donors (Lipinski definition) is 0. The number of carbonyl (C=O) groups is 1. The molecule has 4 heteroatoms. The zero-order valence-corrected chi connectivity index (χ0v) is 13.3. The predicted molar refractivity (Wildman–Crippen MR) is 82.2 cm³/mol. The van der Waals surface area contributed by atoms with Gasteiger partial charge in [0.05, 0.1) is 5.69 Å². The third-order valence-electron chi connectivity index (χ3n) is 2.63. The largest absolute Gasteiger partial charge is 0.456 e. The molecule has 2 rings (SSSR count). The number of aryl methyl sites for hydroxylation is 2. The first kappa shape index (κ1) is 14.7. The van der Waals surface area contributed by atoms with E-state index in [-0.39, 0.29) is 5.97 Å². The van der Waals surface area contributed by atoms with Crippen molar-refractivity contribution in [2.45, 2.75) is 40.2 Å². The number of hydrogen-bond acceptors (Lipinski definition) is 4. The fourth-order valence-electron chi connectivity index (χ4n) is 1.96. The summed E-state index contributed by atoms with van der Waals surface area (Å²) in [6.07, 6.45) is 0. The molecular weight excluding hydrogens is 270 g/mol. The number of rotatable bonds is 2. The zero-order chi connectivity index (χ0) is 14.9. The minimum atomic E-state index is -0.485. The number of benzene rings is 1. The summed E-state index contributed by atoms with van der Waals surface area (Å²) in [5.74, 6) is -0.314. The maximum absolute atomic E-state index is 12.0. The fourth-order valence-corrected chi connectivity index (χ4v) is 2.59. The van der Waals surface area contributed by atoms with Gasteiger partial charge in [-0.15, -0.1) is 0 Å². The minimum Gasteiger partial charge on any atom is -0.456 e. The lowest BCUT2D eigenvalue weighted by molar-refractivity contribution is 0.00753. The lowest BCUT2D eigenvalue weighted by Gasteiger charge is -2.18. The molecule has 1 heterocycles. The van der Waals surface area contributed by atoms with Crippen molar-refractivity contribution in [3.05, 3.63) is 40.3 Å². The molecule has 0 saturated heterocycles. The Kier molecular flexibility index (Phi) is 3.95. The van der Waals surface area contributed by atoms with Crippen LogP contribution < -0.4 is 0 Å². The van der Waals surface area contributed by atoms with E-state index in [0.717, 1.165) is 11.3 Å². The first-order chi connectivity index (χ1) is 9.24. The smallest absolute Gasteiger partial charge is 0.350 e. The highest BCUT2D eigenvalue weighted by Gasteiger charge is 2.20. The van der Waals surface area contributed by atoms with Crippen LogP contribution in [0.15, 0.2) is 24.3 Å². The quantitative estimate of drug-likeness (QED) is 0.770. The summed E-state index contributed by atoms with van der Waals surface area (Å²) in [6, 6.07) is 8.06. The van der Waals surface area contributed by atoms with Crippen LogP contribution in [0.2, 0.25) is 0 Å². The number of carbonyl (C=O) groups excluding carboxylic acids is 1. The molecule has 0 saturated carbocycles. The Morgan fingerprint density at radius 2 is 1.70 bits per heavy atom. The monoisotopic (exact) mass is 289 g/mol. The van der Waals surface area contributed by atoms with Gasteiger partial charge in [-0.25, -0.2) is 4.79 Å². The summed E-state index contributed by atoms with van der Waals surface area (Å²) in [5.41, 5.74) is 3.75. The van der Waals surface area contributed by atoms with Gasteiger partial charge in [-0.1, -0.05) is 17.2 Å². The Balaban J connectivity index is 2.27. The molecule has 0 aliphatic carbocycles. The molecule has 20 heavy (non-hydrogen) atoms. The summed E-state index contributed by atoms with van der Waals surface area (Å²) >= 11 is 1.18. The molecule has 0 aliphatic rings. The lowest BCUT2D eigenvalue weighted by atomic mass is 10.1. The first-order valence-electron chi connectivity index (χ1n) is 6.53. The molecule has 0 fully saturated rings. The van der Waals surface area contributed by atoms with E-state index < -0.39 is 5.60 Å². The van der Waals surface area contributed by atoms with Crippen molar-refractivity contribution < 1.29 is 9.53 Å². The van der Waals surface area contributed by atoms with E-state index in [4.69, 9.17) is 4.74 Å². The molecule has 0 spiro atoms. The summed E-state index contributed by atoms with van der Waals surface area (Å²) in [5, 5.41) is 0. The minimum absolute atomic E-state index is 0.314. The number of aromatic nitrogens is 1. The summed E-state index contributed by atoms with van der Waals surface area (Å²) in [4.78, 5) is 12.5. The van der Waals surface area contributed by atoms with Gasteiger partial charge in [0.15, 0.2) is 0 Å². The van der Waals surface area contributed by atoms with Gasteiger partial charge < -0.3 is 4.74 Å². The molecule has 0 radical (unpaired) electrons. The molecule has 0 unspecified atom stereocenters. The van der Waals surface area contributed by atoms with Crippen molar-refractivity contribution in [2.24, 2.45) is 0 Å². The first-order valence-corrected chi connectivity index (χ1v) is 7.31. The van der Waals surface area contributed by atoms with Crippen LogP contribution in [0.5, 0.6) is 0 Å².